The number of hydrogen-bond acceptors (Lipinski definition) is 5. The molecule has 1 amide bonds. The van der Waals surface area contributed by atoms with Gasteiger partial charge in [0, 0.05) is 23.3 Å². The van der Waals surface area contributed by atoms with Gasteiger partial charge >= 0.3 is 0 Å². The van der Waals surface area contributed by atoms with Crippen molar-refractivity contribution in [3.05, 3.63) is 58.5 Å². The fourth-order valence-electron chi connectivity index (χ4n) is 2.56. The molecule has 0 saturated carbocycles. The van der Waals surface area contributed by atoms with Crippen molar-refractivity contribution in [2.24, 2.45) is 0 Å². The molecule has 1 fully saturated rings. The van der Waals surface area contributed by atoms with E-state index in [0.29, 0.717) is 28.9 Å². The van der Waals surface area contributed by atoms with Gasteiger partial charge in [-0.2, -0.15) is 0 Å². The van der Waals surface area contributed by atoms with Gasteiger partial charge in [0.05, 0.1) is 17.4 Å². The molecule has 0 spiro atoms. The van der Waals surface area contributed by atoms with Crippen molar-refractivity contribution < 1.29 is 14.6 Å². The lowest BCUT2D eigenvalue weighted by Gasteiger charge is -2.12. The van der Waals surface area contributed by atoms with Crippen LogP contribution >= 0.6 is 23.5 Å². The molecule has 0 aliphatic carbocycles. The van der Waals surface area contributed by atoms with Gasteiger partial charge in [-0.05, 0) is 42.8 Å². The molecule has 2 aromatic carbocycles. The van der Waals surface area contributed by atoms with Gasteiger partial charge in [-0.25, -0.2) is 0 Å². The highest BCUT2D eigenvalue weighted by atomic mass is 32.2. The van der Waals surface area contributed by atoms with Gasteiger partial charge in [0.25, 0.3) is 5.91 Å². The number of carbonyl (C=O) groups excluding carboxylic acids is 1. The molecule has 6 heteroatoms. The third-order valence-electron chi connectivity index (χ3n) is 3.88. The van der Waals surface area contributed by atoms with E-state index in [1.165, 1.54) is 11.8 Å². The summed E-state index contributed by atoms with van der Waals surface area (Å²) in [5.74, 6) is 1.93. The van der Waals surface area contributed by atoms with E-state index >= 15 is 0 Å². The second-order valence-electron chi connectivity index (χ2n) is 5.85. The van der Waals surface area contributed by atoms with Crippen LogP contribution in [0.5, 0.6) is 11.5 Å². The third kappa shape index (κ3) is 4.37. The zero-order valence-electron chi connectivity index (χ0n) is 14.8. The SMILES string of the molecule is CCOc1cc(/C=C2/SCN(C)C2=O)cc(CSc2ccccc2)c1O. The average Bonchev–Trinajstić information content (AvgIpc) is 2.96. The molecular weight excluding hydrogens is 366 g/mol. The lowest BCUT2D eigenvalue weighted by Crippen LogP contribution is -2.18. The summed E-state index contributed by atoms with van der Waals surface area (Å²) in [5.41, 5.74) is 1.65. The molecule has 136 valence electrons. The molecule has 1 aliphatic heterocycles. The number of hydrogen-bond donors (Lipinski definition) is 1. The van der Waals surface area contributed by atoms with E-state index in [1.54, 1.807) is 29.8 Å². The second-order valence-corrected chi connectivity index (χ2v) is 7.88. The van der Waals surface area contributed by atoms with E-state index in [-0.39, 0.29) is 11.7 Å². The highest BCUT2D eigenvalue weighted by molar-refractivity contribution is 8.04. The molecule has 1 saturated heterocycles. The van der Waals surface area contributed by atoms with Crippen LogP contribution in [0.3, 0.4) is 0 Å². The molecular formula is C20H21NO3S2. The number of phenolic OH excluding ortho intramolecular Hbond substituents is 1. The van der Waals surface area contributed by atoms with Crippen LogP contribution in [0, 0.1) is 0 Å². The number of thioether (sulfide) groups is 2. The number of rotatable bonds is 6. The highest BCUT2D eigenvalue weighted by Gasteiger charge is 2.23. The molecule has 3 rings (SSSR count). The fraction of sp³-hybridized carbons (Fsp3) is 0.250. The van der Waals surface area contributed by atoms with Gasteiger partial charge in [-0.15, -0.1) is 11.8 Å². The minimum atomic E-state index is 0.0289. The Labute approximate surface area is 162 Å². The van der Waals surface area contributed by atoms with Gasteiger partial charge in [0.2, 0.25) is 0 Å². The molecule has 2 aromatic rings. The smallest absolute Gasteiger partial charge is 0.260 e. The van der Waals surface area contributed by atoms with Crippen LogP contribution in [-0.2, 0) is 10.5 Å². The van der Waals surface area contributed by atoms with E-state index in [1.807, 2.05) is 49.4 Å². The first-order valence-corrected chi connectivity index (χ1v) is 10.3. The van der Waals surface area contributed by atoms with Crippen LogP contribution < -0.4 is 4.74 Å². The first kappa shape index (κ1) is 18.7. The molecule has 0 unspecified atom stereocenters. The zero-order valence-corrected chi connectivity index (χ0v) is 16.4. The Morgan fingerprint density at radius 1 is 1.31 bits per heavy atom. The van der Waals surface area contributed by atoms with Gasteiger partial charge in [-0.3, -0.25) is 4.79 Å². The topological polar surface area (TPSA) is 49.8 Å². The molecule has 4 nitrogen and oxygen atoms in total. The van der Waals surface area contributed by atoms with Crippen LogP contribution in [-0.4, -0.2) is 35.4 Å². The molecule has 0 radical (unpaired) electrons. The number of carbonyl (C=O) groups is 1. The summed E-state index contributed by atoms with van der Waals surface area (Å²) in [4.78, 5) is 15.7. The van der Waals surface area contributed by atoms with Crippen molar-refractivity contribution in [1.82, 2.24) is 4.90 Å². The average molecular weight is 388 g/mol. The van der Waals surface area contributed by atoms with Crippen molar-refractivity contribution in [3.8, 4) is 11.5 Å². The first-order valence-electron chi connectivity index (χ1n) is 8.35. The Morgan fingerprint density at radius 2 is 2.08 bits per heavy atom. The number of phenols is 1. The van der Waals surface area contributed by atoms with Crippen molar-refractivity contribution in [3.63, 3.8) is 0 Å². The Balaban J connectivity index is 1.89. The summed E-state index contributed by atoms with van der Waals surface area (Å²) in [6.45, 7) is 2.35. The molecule has 0 aromatic heterocycles. The molecule has 1 N–H and O–H groups in total. The summed E-state index contributed by atoms with van der Waals surface area (Å²) >= 11 is 3.17. The van der Waals surface area contributed by atoms with Crippen LogP contribution in [0.4, 0.5) is 0 Å². The van der Waals surface area contributed by atoms with Crippen LogP contribution in [0.2, 0.25) is 0 Å². The Kier molecular flexibility index (Phi) is 6.16. The standard InChI is InChI=1S/C20H21NO3S2/c1-3-24-17-10-14(11-18-20(23)21(2)13-26-18)9-15(19(17)22)12-25-16-7-5-4-6-8-16/h4-11,22H,3,12-13H2,1-2H3/b18-11+. The van der Waals surface area contributed by atoms with Crippen LogP contribution in [0.1, 0.15) is 18.1 Å². The predicted molar refractivity (Wildman–Crippen MR) is 108 cm³/mol. The van der Waals surface area contributed by atoms with Gasteiger partial charge in [0.1, 0.15) is 0 Å². The number of nitrogens with zero attached hydrogens (tertiary/aromatic N) is 1. The quantitative estimate of drug-likeness (QED) is 0.580. The zero-order chi connectivity index (χ0) is 18.5. The highest BCUT2D eigenvalue weighted by Crippen LogP contribution is 2.37. The van der Waals surface area contributed by atoms with Crippen molar-refractivity contribution in [2.75, 3.05) is 19.5 Å². The number of ether oxygens (including phenoxy) is 1. The normalized spacial score (nSPS) is 15.7. The Morgan fingerprint density at radius 3 is 2.73 bits per heavy atom. The van der Waals surface area contributed by atoms with Crippen LogP contribution in [0.25, 0.3) is 6.08 Å². The maximum absolute atomic E-state index is 12.1. The van der Waals surface area contributed by atoms with E-state index in [2.05, 4.69) is 0 Å². The van der Waals surface area contributed by atoms with E-state index in [4.69, 9.17) is 4.74 Å². The number of benzene rings is 2. The van der Waals surface area contributed by atoms with E-state index in [0.717, 1.165) is 16.0 Å². The maximum Gasteiger partial charge on any atom is 0.260 e. The minimum Gasteiger partial charge on any atom is -0.504 e. The summed E-state index contributed by atoms with van der Waals surface area (Å²) < 4.78 is 5.59. The second kappa shape index (κ2) is 8.56. The number of aromatic hydroxyl groups is 1. The molecule has 1 heterocycles. The van der Waals surface area contributed by atoms with Crippen molar-refractivity contribution in [1.29, 1.82) is 0 Å². The Bertz CT molecular complexity index is 821. The van der Waals surface area contributed by atoms with Crippen molar-refractivity contribution in [2.45, 2.75) is 17.6 Å². The molecule has 0 atom stereocenters. The summed E-state index contributed by atoms with van der Waals surface area (Å²) in [6, 6.07) is 13.8. The van der Waals surface area contributed by atoms with Gasteiger partial charge < -0.3 is 14.7 Å². The maximum atomic E-state index is 12.1. The lowest BCUT2D eigenvalue weighted by atomic mass is 10.1. The Hall–Kier alpha value is -2.05. The van der Waals surface area contributed by atoms with Crippen molar-refractivity contribution >= 4 is 35.5 Å². The van der Waals surface area contributed by atoms with E-state index in [9.17, 15) is 9.90 Å². The third-order valence-corrected chi connectivity index (χ3v) is 6.06. The summed E-state index contributed by atoms with van der Waals surface area (Å²) in [6.07, 6.45) is 1.87. The fourth-order valence-corrected chi connectivity index (χ4v) is 4.40. The van der Waals surface area contributed by atoms with Gasteiger partial charge in [-0.1, -0.05) is 30.0 Å². The number of amides is 1. The largest absolute Gasteiger partial charge is 0.504 e. The monoisotopic (exact) mass is 387 g/mol. The lowest BCUT2D eigenvalue weighted by molar-refractivity contribution is -0.123. The summed E-state index contributed by atoms with van der Waals surface area (Å²) in [7, 11) is 1.79. The number of likely N-dealkylation sites (N-methyl/N-ethyl adjacent to an activating group) is 1. The first-order chi connectivity index (χ1) is 12.6. The van der Waals surface area contributed by atoms with Crippen LogP contribution in [0.15, 0.2) is 52.3 Å². The predicted octanol–water partition coefficient (Wildman–Crippen LogP) is 4.59. The molecule has 0 bridgehead atoms. The minimum absolute atomic E-state index is 0.0289. The molecule has 26 heavy (non-hydrogen) atoms. The van der Waals surface area contributed by atoms with E-state index < -0.39 is 0 Å². The summed E-state index contributed by atoms with van der Waals surface area (Å²) in [5, 5.41) is 10.5. The molecule has 1 aliphatic rings. The van der Waals surface area contributed by atoms with Gasteiger partial charge in [0.15, 0.2) is 11.5 Å².